The molecule has 0 heterocycles. The van der Waals surface area contributed by atoms with Gasteiger partial charge in [-0.3, -0.25) is 0 Å². The predicted molar refractivity (Wildman–Crippen MR) is 85.4 cm³/mol. The monoisotopic (exact) mass is 258 g/mol. The van der Waals surface area contributed by atoms with E-state index in [4.69, 9.17) is 0 Å². The van der Waals surface area contributed by atoms with Crippen LogP contribution >= 0.6 is 0 Å². The molecule has 1 aromatic carbocycles. The quantitative estimate of drug-likeness (QED) is 0.700. The Morgan fingerprint density at radius 1 is 0.950 bits per heavy atom. The molecule has 3 aliphatic rings. The molecule has 0 N–H and O–H groups in total. The summed E-state index contributed by atoms with van der Waals surface area (Å²) < 4.78 is 0. The Morgan fingerprint density at radius 3 is 2.85 bits per heavy atom. The van der Waals surface area contributed by atoms with E-state index in [2.05, 4.69) is 72.9 Å². The Balaban J connectivity index is 1.46. The third-order valence-electron chi connectivity index (χ3n) is 4.50. The van der Waals surface area contributed by atoms with Crippen LogP contribution in [0.5, 0.6) is 0 Å². The summed E-state index contributed by atoms with van der Waals surface area (Å²) in [4.78, 5) is 0. The van der Waals surface area contributed by atoms with Gasteiger partial charge in [0.05, 0.1) is 0 Å². The van der Waals surface area contributed by atoms with Gasteiger partial charge in [0.25, 0.3) is 0 Å². The van der Waals surface area contributed by atoms with Crippen molar-refractivity contribution in [3.05, 3.63) is 89.1 Å². The first-order chi connectivity index (χ1) is 9.90. The molecule has 2 unspecified atom stereocenters. The SMILES string of the molecule is C1=CC2=CC(CCC3C=Cc4ccccc43)=CC2C=C1. The smallest absolute Gasteiger partial charge is 0.0207 e. The highest BCUT2D eigenvalue weighted by atomic mass is 14.2. The van der Waals surface area contributed by atoms with E-state index in [0.29, 0.717) is 11.8 Å². The first-order valence-electron chi connectivity index (χ1n) is 7.44. The molecule has 0 heteroatoms. The van der Waals surface area contributed by atoms with Crippen LogP contribution in [0.1, 0.15) is 29.9 Å². The number of rotatable bonds is 3. The molecule has 20 heavy (non-hydrogen) atoms. The van der Waals surface area contributed by atoms with Crippen LogP contribution in [0, 0.1) is 5.92 Å². The van der Waals surface area contributed by atoms with Gasteiger partial charge in [-0.05, 0) is 29.5 Å². The molecule has 1 aromatic rings. The fraction of sp³-hybridized carbons (Fsp3) is 0.200. The lowest BCUT2D eigenvalue weighted by atomic mass is 9.94. The van der Waals surface area contributed by atoms with E-state index in [1.807, 2.05) is 0 Å². The standard InChI is InChI=1S/C20H18/c1-2-7-19-14-15(13-18(19)6-1)9-10-17-12-11-16-5-3-4-8-20(16)17/h1-8,11-14,17-18H,9-10H2. The lowest BCUT2D eigenvalue weighted by molar-refractivity contribution is 0.747. The molecule has 98 valence electrons. The van der Waals surface area contributed by atoms with Gasteiger partial charge in [0.1, 0.15) is 0 Å². The highest BCUT2D eigenvalue weighted by Crippen LogP contribution is 2.36. The average molecular weight is 258 g/mol. The normalized spacial score (nSPS) is 25.4. The van der Waals surface area contributed by atoms with E-state index in [-0.39, 0.29) is 0 Å². The third kappa shape index (κ3) is 2.02. The van der Waals surface area contributed by atoms with Crippen LogP contribution in [0.15, 0.2) is 77.9 Å². The van der Waals surface area contributed by atoms with Gasteiger partial charge in [-0.1, -0.05) is 78.4 Å². The summed E-state index contributed by atoms with van der Waals surface area (Å²) in [5.41, 5.74) is 5.84. The maximum atomic E-state index is 2.42. The number of allylic oxidation sites excluding steroid dienone is 9. The summed E-state index contributed by atoms with van der Waals surface area (Å²) in [6.07, 6.45) is 20.6. The van der Waals surface area contributed by atoms with Gasteiger partial charge in [-0.15, -0.1) is 0 Å². The molecule has 0 fully saturated rings. The molecule has 0 saturated carbocycles. The minimum absolute atomic E-state index is 0.529. The summed E-state index contributed by atoms with van der Waals surface area (Å²) in [5.74, 6) is 1.13. The minimum atomic E-state index is 0.529. The second-order valence-corrected chi connectivity index (χ2v) is 5.79. The number of benzene rings is 1. The molecule has 0 radical (unpaired) electrons. The van der Waals surface area contributed by atoms with Crippen molar-refractivity contribution in [2.24, 2.45) is 5.92 Å². The van der Waals surface area contributed by atoms with Gasteiger partial charge in [0, 0.05) is 11.8 Å². The Hall–Kier alpha value is -2.08. The zero-order valence-electron chi connectivity index (χ0n) is 11.5. The lowest BCUT2D eigenvalue weighted by Crippen LogP contribution is -1.94. The molecule has 0 bridgehead atoms. The van der Waals surface area contributed by atoms with Gasteiger partial charge in [0.2, 0.25) is 0 Å². The van der Waals surface area contributed by atoms with Crippen molar-refractivity contribution < 1.29 is 0 Å². The van der Waals surface area contributed by atoms with Gasteiger partial charge in [-0.2, -0.15) is 0 Å². The Bertz CT molecular complexity index is 680. The van der Waals surface area contributed by atoms with E-state index in [9.17, 15) is 0 Å². The number of fused-ring (bicyclic) bond motifs is 2. The van der Waals surface area contributed by atoms with Crippen LogP contribution in [-0.2, 0) is 0 Å². The van der Waals surface area contributed by atoms with E-state index in [0.717, 1.165) is 0 Å². The number of hydrogen-bond donors (Lipinski definition) is 0. The van der Waals surface area contributed by atoms with Crippen molar-refractivity contribution in [2.75, 3.05) is 0 Å². The van der Waals surface area contributed by atoms with Gasteiger partial charge >= 0.3 is 0 Å². The van der Waals surface area contributed by atoms with E-state index in [1.54, 1.807) is 0 Å². The first-order valence-corrected chi connectivity index (χ1v) is 7.44. The first kappa shape index (κ1) is 11.7. The van der Waals surface area contributed by atoms with Crippen LogP contribution in [0.25, 0.3) is 6.08 Å². The molecule has 0 saturated heterocycles. The average Bonchev–Trinajstić information content (AvgIpc) is 3.08. The zero-order chi connectivity index (χ0) is 13.4. The molecule has 0 nitrogen and oxygen atoms in total. The van der Waals surface area contributed by atoms with Crippen LogP contribution in [-0.4, -0.2) is 0 Å². The summed E-state index contributed by atoms with van der Waals surface area (Å²) >= 11 is 0. The van der Waals surface area contributed by atoms with Crippen molar-refractivity contribution in [3.8, 4) is 0 Å². The minimum Gasteiger partial charge on any atom is -0.0764 e. The van der Waals surface area contributed by atoms with E-state index >= 15 is 0 Å². The topological polar surface area (TPSA) is 0 Å². The van der Waals surface area contributed by atoms with Gasteiger partial charge < -0.3 is 0 Å². The van der Waals surface area contributed by atoms with Crippen molar-refractivity contribution in [1.82, 2.24) is 0 Å². The fourth-order valence-electron chi connectivity index (χ4n) is 3.41. The Morgan fingerprint density at radius 2 is 1.90 bits per heavy atom. The van der Waals surface area contributed by atoms with E-state index in [1.165, 1.54) is 35.1 Å². The second-order valence-electron chi connectivity index (χ2n) is 5.79. The highest BCUT2D eigenvalue weighted by Gasteiger charge is 2.19. The summed E-state index contributed by atoms with van der Waals surface area (Å²) in [5, 5.41) is 0. The molecular formula is C20H18. The van der Waals surface area contributed by atoms with Crippen molar-refractivity contribution in [3.63, 3.8) is 0 Å². The summed E-state index contributed by atoms with van der Waals surface area (Å²) in [7, 11) is 0. The van der Waals surface area contributed by atoms with Crippen LogP contribution in [0.2, 0.25) is 0 Å². The molecule has 0 aliphatic heterocycles. The lowest BCUT2D eigenvalue weighted by Gasteiger charge is -2.10. The third-order valence-corrected chi connectivity index (χ3v) is 4.50. The van der Waals surface area contributed by atoms with E-state index < -0.39 is 0 Å². The molecule has 0 aromatic heterocycles. The maximum absolute atomic E-state index is 2.42. The molecule has 4 rings (SSSR count). The molecule has 3 aliphatic carbocycles. The highest BCUT2D eigenvalue weighted by molar-refractivity contribution is 5.62. The van der Waals surface area contributed by atoms with Crippen LogP contribution < -0.4 is 0 Å². The summed E-state index contributed by atoms with van der Waals surface area (Å²) in [6, 6.07) is 8.76. The van der Waals surface area contributed by atoms with Crippen LogP contribution in [0.4, 0.5) is 0 Å². The molecular weight excluding hydrogens is 240 g/mol. The van der Waals surface area contributed by atoms with Crippen molar-refractivity contribution in [2.45, 2.75) is 18.8 Å². The molecule has 0 spiro atoms. The molecule has 0 amide bonds. The summed E-state index contributed by atoms with van der Waals surface area (Å²) in [6.45, 7) is 0. The van der Waals surface area contributed by atoms with Crippen molar-refractivity contribution in [1.29, 1.82) is 0 Å². The Labute approximate surface area is 120 Å². The maximum Gasteiger partial charge on any atom is 0.0207 e. The zero-order valence-corrected chi connectivity index (χ0v) is 11.5. The molecule has 2 atom stereocenters. The Kier molecular flexibility index (Phi) is 2.81. The van der Waals surface area contributed by atoms with Crippen molar-refractivity contribution >= 4 is 6.08 Å². The largest absolute Gasteiger partial charge is 0.0764 e. The number of hydrogen-bond acceptors (Lipinski definition) is 0. The van der Waals surface area contributed by atoms with Crippen LogP contribution in [0.3, 0.4) is 0 Å². The fourth-order valence-corrected chi connectivity index (χ4v) is 3.41. The van der Waals surface area contributed by atoms with Gasteiger partial charge in [0.15, 0.2) is 0 Å². The second kappa shape index (κ2) is 4.79. The predicted octanol–water partition coefficient (Wildman–Crippen LogP) is 5.19. The van der Waals surface area contributed by atoms with Gasteiger partial charge in [-0.25, -0.2) is 0 Å².